The van der Waals surface area contributed by atoms with Crippen molar-refractivity contribution in [2.24, 2.45) is 0 Å². The van der Waals surface area contributed by atoms with Gasteiger partial charge in [0.15, 0.2) is 0 Å². The van der Waals surface area contributed by atoms with Gasteiger partial charge >= 0.3 is 0 Å². The summed E-state index contributed by atoms with van der Waals surface area (Å²) in [4.78, 5) is 12.1. The Bertz CT molecular complexity index is 653. The van der Waals surface area contributed by atoms with Crippen molar-refractivity contribution in [3.63, 3.8) is 0 Å². The first kappa shape index (κ1) is 16.9. The third-order valence-corrected chi connectivity index (χ3v) is 3.61. The fourth-order valence-electron chi connectivity index (χ4n) is 2.38. The Hall–Kier alpha value is -2.49. The zero-order valence-corrected chi connectivity index (χ0v) is 13.9. The van der Waals surface area contributed by atoms with Crippen LogP contribution in [-0.2, 0) is 4.79 Å². The summed E-state index contributed by atoms with van der Waals surface area (Å²) in [6.07, 6.45) is 0.406. The molecule has 0 bridgehead atoms. The van der Waals surface area contributed by atoms with Gasteiger partial charge in [-0.25, -0.2) is 0 Å². The maximum atomic E-state index is 12.1. The molecule has 0 saturated carbocycles. The number of carbonyl (C=O) groups excluding carboxylic acids is 1. The lowest BCUT2D eigenvalue weighted by molar-refractivity contribution is -0.115. The van der Waals surface area contributed by atoms with Crippen molar-refractivity contribution in [3.05, 3.63) is 54.1 Å². The first-order valence-electron chi connectivity index (χ1n) is 7.87. The molecule has 0 aliphatic rings. The van der Waals surface area contributed by atoms with Crippen LogP contribution >= 0.6 is 0 Å². The molecule has 0 saturated heterocycles. The molecule has 2 aromatic carbocycles. The second kappa shape index (κ2) is 8.22. The van der Waals surface area contributed by atoms with Crippen molar-refractivity contribution in [3.8, 4) is 5.75 Å². The Labute approximate surface area is 137 Å². The standard InChI is InChI=1S/C19H24N2O2/c1-14(2)17-9-4-5-10-18(17)21-19(22)11-12-20-15-7-6-8-16(13-15)23-3/h4-10,13-14,20H,11-12H2,1-3H3,(H,21,22). The van der Waals surface area contributed by atoms with Crippen molar-refractivity contribution >= 4 is 17.3 Å². The van der Waals surface area contributed by atoms with Gasteiger partial charge in [-0.15, -0.1) is 0 Å². The molecule has 0 heterocycles. The van der Waals surface area contributed by atoms with Gasteiger partial charge in [-0.05, 0) is 29.7 Å². The molecule has 0 atom stereocenters. The second-order valence-corrected chi connectivity index (χ2v) is 5.70. The van der Waals surface area contributed by atoms with Crippen LogP contribution in [0.25, 0.3) is 0 Å². The number of methoxy groups -OCH3 is 1. The SMILES string of the molecule is COc1cccc(NCCC(=O)Nc2ccccc2C(C)C)c1. The summed E-state index contributed by atoms with van der Waals surface area (Å²) in [6.45, 7) is 4.81. The number of rotatable bonds is 7. The minimum atomic E-state index is 0.00787. The van der Waals surface area contributed by atoms with Gasteiger partial charge in [-0.3, -0.25) is 4.79 Å². The Kier molecular flexibility index (Phi) is 6.03. The molecule has 0 aliphatic carbocycles. The van der Waals surface area contributed by atoms with E-state index < -0.39 is 0 Å². The van der Waals surface area contributed by atoms with Gasteiger partial charge in [-0.1, -0.05) is 38.1 Å². The summed E-state index contributed by atoms with van der Waals surface area (Å²) >= 11 is 0. The van der Waals surface area contributed by atoms with Crippen LogP contribution in [0, 0.1) is 0 Å². The molecular formula is C19H24N2O2. The van der Waals surface area contributed by atoms with Crippen LogP contribution in [0.1, 0.15) is 31.7 Å². The van der Waals surface area contributed by atoms with Gasteiger partial charge < -0.3 is 15.4 Å². The van der Waals surface area contributed by atoms with Crippen molar-refractivity contribution in [2.75, 3.05) is 24.3 Å². The minimum absolute atomic E-state index is 0.00787. The zero-order chi connectivity index (χ0) is 16.7. The number of para-hydroxylation sites is 1. The lowest BCUT2D eigenvalue weighted by Crippen LogP contribution is -2.17. The summed E-state index contributed by atoms with van der Waals surface area (Å²) in [5, 5.41) is 6.23. The summed E-state index contributed by atoms with van der Waals surface area (Å²) in [5.41, 5.74) is 3.00. The van der Waals surface area contributed by atoms with E-state index in [-0.39, 0.29) is 5.91 Å². The number of benzene rings is 2. The van der Waals surface area contributed by atoms with Crippen LogP contribution in [0.4, 0.5) is 11.4 Å². The van der Waals surface area contributed by atoms with Gasteiger partial charge in [0.2, 0.25) is 5.91 Å². The average Bonchev–Trinajstić information content (AvgIpc) is 2.55. The number of carbonyl (C=O) groups is 1. The van der Waals surface area contributed by atoms with Crippen LogP contribution in [0.15, 0.2) is 48.5 Å². The largest absolute Gasteiger partial charge is 0.497 e. The molecule has 1 amide bonds. The van der Waals surface area contributed by atoms with E-state index in [1.165, 1.54) is 0 Å². The third-order valence-electron chi connectivity index (χ3n) is 3.61. The number of hydrogen-bond acceptors (Lipinski definition) is 3. The highest BCUT2D eigenvalue weighted by Gasteiger charge is 2.08. The summed E-state index contributed by atoms with van der Waals surface area (Å²) in [7, 11) is 1.64. The van der Waals surface area contributed by atoms with Crippen LogP contribution < -0.4 is 15.4 Å². The third kappa shape index (κ3) is 5.02. The smallest absolute Gasteiger partial charge is 0.226 e. The van der Waals surface area contributed by atoms with Crippen molar-refractivity contribution < 1.29 is 9.53 Å². The van der Waals surface area contributed by atoms with E-state index in [1.54, 1.807) is 7.11 Å². The van der Waals surface area contributed by atoms with Crippen LogP contribution in [0.5, 0.6) is 5.75 Å². The molecule has 0 spiro atoms. The van der Waals surface area contributed by atoms with Gasteiger partial charge in [0.1, 0.15) is 5.75 Å². The highest BCUT2D eigenvalue weighted by molar-refractivity contribution is 5.91. The molecule has 4 nitrogen and oxygen atoms in total. The Balaban J connectivity index is 1.86. The number of ether oxygens (including phenoxy) is 1. The number of nitrogens with one attached hydrogen (secondary N) is 2. The Morgan fingerprint density at radius 1 is 1.13 bits per heavy atom. The normalized spacial score (nSPS) is 10.4. The molecule has 2 aromatic rings. The predicted octanol–water partition coefficient (Wildman–Crippen LogP) is 4.26. The lowest BCUT2D eigenvalue weighted by Gasteiger charge is -2.14. The maximum Gasteiger partial charge on any atom is 0.226 e. The molecular weight excluding hydrogens is 288 g/mol. The van der Waals surface area contributed by atoms with Crippen LogP contribution in [0.3, 0.4) is 0 Å². The van der Waals surface area contributed by atoms with E-state index in [1.807, 2.05) is 42.5 Å². The second-order valence-electron chi connectivity index (χ2n) is 5.70. The van der Waals surface area contributed by atoms with E-state index in [9.17, 15) is 4.79 Å². The van der Waals surface area contributed by atoms with Crippen molar-refractivity contribution in [2.45, 2.75) is 26.2 Å². The Morgan fingerprint density at radius 2 is 1.91 bits per heavy atom. The average molecular weight is 312 g/mol. The van der Waals surface area contributed by atoms with E-state index in [0.717, 1.165) is 22.7 Å². The molecule has 0 unspecified atom stereocenters. The fourth-order valence-corrected chi connectivity index (χ4v) is 2.38. The molecule has 122 valence electrons. The quantitative estimate of drug-likeness (QED) is 0.803. The molecule has 0 radical (unpaired) electrons. The zero-order valence-electron chi connectivity index (χ0n) is 13.9. The predicted molar refractivity (Wildman–Crippen MR) is 95.3 cm³/mol. The molecule has 23 heavy (non-hydrogen) atoms. The van der Waals surface area contributed by atoms with E-state index in [2.05, 4.69) is 30.5 Å². The van der Waals surface area contributed by atoms with E-state index in [0.29, 0.717) is 18.9 Å². The van der Waals surface area contributed by atoms with Gasteiger partial charge in [0, 0.05) is 30.4 Å². The molecule has 0 aliphatic heterocycles. The molecule has 4 heteroatoms. The monoisotopic (exact) mass is 312 g/mol. The minimum Gasteiger partial charge on any atom is -0.497 e. The van der Waals surface area contributed by atoms with Crippen molar-refractivity contribution in [1.29, 1.82) is 0 Å². The molecule has 2 rings (SSSR count). The summed E-state index contributed by atoms with van der Waals surface area (Å²) < 4.78 is 5.18. The number of anilines is 2. The van der Waals surface area contributed by atoms with Gasteiger partial charge in [0.25, 0.3) is 0 Å². The van der Waals surface area contributed by atoms with Crippen LogP contribution in [-0.4, -0.2) is 19.6 Å². The first-order valence-corrected chi connectivity index (χ1v) is 7.87. The van der Waals surface area contributed by atoms with Crippen molar-refractivity contribution in [1.82, 2.24) is 0 Å². The summed E-state index contributed by atoms with van der Waals surface area (Å²) in [6, 6.07) is 15.6. The highest BCUT2D eigenvalue weighted by Crippen LogP contribution is 2.23. The van der Waals surface area contributed by atoms with Gasteiger partial charge in [0.05, 0.1) is 7.11 Å². The summed E-state index contributed by atoms with van der Waals surface area (Å²) in [5.74, 6) is 1.18. The number of hydrogen-bond donors (Lipinski definition) is 2. The lowest BCUT2D eigenvalue weighted by atomic mass is 10.0. The topological polar surface area (TPSA) is 50.4 Å². The molecule has 0 fully saturated rings. The fraction of sp³-hybridized carbons (Fsp3) is 0.316. The maximum absolute atomic E-state index is 12.1. The first-order chi connectivity index (χ1) is 11.1. The van der Waals surface area contributed by atoms with Gasteiger partial charge in [-0.2, -0.15) is 0 Å². The van der Waals surface area contributed by atoms with E-state index in [4.69, 9.17) is 4.74 Å². The van der Waals surface area contributed by atoms with Crippen LogP contribution in [0.2, 0.25) is 0 Å². The van der Waals surface area contributed by atoms with E-state index >= 15 is 0 Å². The molecule has 2 N–H and O–H groups in total. The Morgan fingerprint density at radius 3 is 2.65 bits per heavy atom. The number of amides is 1. The molecule has 0 aromatic heterocycles. The highest BCUT2D eigenvalue weighted by atomic mass is 16.5.